The van der Waals surface area contributed by atoms with Gasteiger partial charge in [-0.15, -0.1) is 0 Å². The summed E-state index contributed by atoms with van der Waals surface area (Å²) in [5.41, 5.74) is 13.9. The molecule has 0 spiro atoms. The van der Waals surface area contributed by atoms with Crippen LogP contribution in [0.3, 0.4) is 0 Å². The predicted octanol–water partition coefficient (Wildman–Crippen LogP) is 2.87. The number of nitrogens with one attached hydrogen (secondary N) is 1. The van der Waals surface area contributed by atoms with Gasteiger partial charge in [-0.25, -0.2) is 4.98 Å². The Kier molecular flexibility index (Phi) is 5.35. The number of nitriles is 1. The van der Waals surface area contributed by atoms with Gasteiger partial charge in [0, 0.05) is 17.9 Å². The zero-order valence-electron chi connectivity index (χ0n) is 16.9. The minimum Gasteiger partial charge on any atom is -0.368 e. The van der Waals surface area contributed by atoms with Gasteiger partial charge in [0.2, 0.25) is 5.95 Å². The lowest BCUT2D eigenvalue weighted by Crippen LogP contribution is -2.26. The van der Waals surface area contributed by atoms with Gasteiger partial charge in [-0.3, -0.25) is 9.36 Å². The van der Waals surface area contributed by atoms with Crippen LogP contribution in [0.15, 0.2) is 65.6 Å². The summed E-state index contributed by atoms with van der Waals surface area (Å²) in [6.45, 7) is 2.16. The zero-order chi connectivity index (χ0) is 22.0. The molecule has 0 fully saturated rings. The van der Waals surface area contributed by atoms with E-state index in [2.05, 4.69) is 21.4 Å². The van der Waals surface area contributed by atoms with Crippen LogP contribution in [-0.4, -0.2) is 14.5 Å². The SMILES string of the molecule is C[C@H](Nc1nc(N)ncc1C#N)c1cc2cccc(CN)c2c(=O)n1-c1ccccc1. The molecule has 0 amide bonds. The quantitative estimate of drug-likeness (QED) is 0.459. The third-order valence-electron chi connectivity index (χ3n) is 5.12. The topological polar surface area (TPSA) is 136 Å². The number of para-hydroxylation sites is 1. The van der Waals surface area contributed by atoms with Crippen molar-refractivity contribution in [2.45, 2.75) is 19.5 Å². The molecule has 8 nitrogen and oxygen atoms in total. The lowest BCUT2D eigenvalue weighted by atomic mass is 10.0. The zero-order valence-corrected chi connectivity index (χ0v) is 16.9. The summed E-state index contributed by atoms with van der Waals surface area (Å²) in [5.74, 6) is 0.366. The van der Waals surface area contributed by atoms with Gasteiger partial charge in [0.25, 0.3) is 5.56 Å². The fourth-order valence-electron chi connectivity index (χ4n) is 3.65. The highest BCUT2D eigenvalue weighted by Crippen LogP contribution is 2.26. The van der Waals surface area contributed by atoms with E-state index in [1.807, 2.05) is 61.5 Å². The molecule has 2 heterocycles. The van der Waals surface area contributed by atoms with Gasteiger partial charge < -0.3 is 16.8 Å². The van der Waals surface area contributed by atoms with Crippen LogP contribution >= 0.6 is 0 Å². The molecule has 4 rings (SSSR count). The number of nitrogens with zero attached hydrogens (tertiary/aromatic N) is 4. The average molecular weight is 411 g/mol. The Labute approximate surface area is 178 Å². The molecule has 0 saturated carbocycles. The Morgan fingerprint density at radius 3 is 2.68 bits per heavy atom. The highest BCUT2D eigenvalue weighted by Gasteiger charge is 2.19. The molecule has 0 unspecified atom stereocenters. The van der Waals surface area contributed by atoms with Gasteiger partial charge in [-0.1, -0.05) is 36.4 Å². The number of hydrogen-bond acceptors (Lipinski definition) is 7. The van der Waals surface area contributed by atoms with Crippen LogP contribution in [0.4, 0.5) is 11.8 Å². The van der Waals surface area contributed by atoms with Gasteiger partial charge in [-0.2, -0.15) is 10.2 Å². The average Bonchev–Trinajstić information content (AvgIpc) is 2.79. The van der Waals surface area contributed by atoms with E-state index < -0.39 is 0 Å². The predicted molar refractivity (Wildman–Crippen MR) is 121 cm³/mol. The number of hydrogen-bond donors (Lipinski definition) is 3. The van der Waals surface area contributed by atoms with Crippen LogP contribution in [0.5, 0.6) is 0 Å². The Hall–Kier alpha value is -4.22. The van der Waals surface area contributed by atoms with Crippen molar-refractivity contribution in [2.75, 3.05) is 11.1 Å². The molecule has 0 aliphatic carbocycles. The first-order valence-corrected chi connectivity index (χ1v) is 9.75. The highest BCUT2D eigenvalue weighted by atomic mass is 16.1. The van der Waals surface area contributed by atoms with E-state index in [-0.39, 0.29) is 29.7 Å². The first kappa shape index (κ1) is 20.1. The first-order valence-electron chi connectivity index (χ1n) is 9.75. The monoisotopic (exact) mass is 411 g/mol. The molecule has 5 N–H and O–H groups in total. The van der Waals surface area contributed by atoms with Crippen LogP contribution < -0.4 is 22.3 Å². The third-order valence-corrected chi connectivity index (χ3v) is 5.12. The Morgan fingerprint density at radius 2 is 1.97 bits per heavy atom. The van der Waals surface area contributed by atoms with Crippen molar-refractivity contribution < 1.29 is 0 Å². The smallest absolute Gasteiger partial charge is 0.263 e. The standard InChI is InChI=1S/C23H21N7O/c1-14(28-21-17(12-25)13-27-23(26)29-21)19-10-15-6-5-7-16(11-24)20(15)22(31)30(19)18-8-3-2-4-9-18/h2-10,13-14H,11,24H2,1H3,(H3,26,27,28,29)/t14-/m0/s1. The number of nitrogens with two attached hydrogens (primary N) is 2. The number of rotatable bonds is 5. The van der Waals surface area contributed by atoms with Crippen LogP contribution in [0.2, 0.25) is 0 Å². The van der Waals surface area contributed by atoms with Crippen molar-refractivity contribution >= 4 is 22.5 Å². The van der Waals surface area contributed by atoms with E-state index in [1.54, 1.807) is 4.57 Å². The van der Waals surface area contributed by atoms with Crippen LogP contribution in [-0.2, 0) is 6.54 Å². The maximum absolute atomic E-state index is 13.6. The fourth-order valence-corrected chi connectivity index (χ4v) is 3.65. The first-order chi connectivity index (χ1) is 15.0. The Morgan fingerprint density at radius 1 is 1.19 bits per heavy atom. The molecule has 8 heteroatoms. The van der Waals surface area contributed by atoms with Crippen LogP contribution in [0, 0.1) is 11.3 Å². The van der Waals surface area contributed by atoms with E-state index in [0.717, 1.165) is 16.6 Å². The molecule has 0 aliphatic rings. The Bertz CT molecular complexity index is 1360. The second kappa shape index (κ2) is 8.26. The second-order valence-corrected chi connectivity index (χ2v) is 7.10. The highest BCUT2D eigenvalue weighted by molar-refractivity contribution is 5.86. The molecule has 1 atom stereocenters. The van der Waals surface area contributed by atoms with E-state index in [4.69, 9.17) is 11.5 Å². The van der Waals surface area contributed by atoms with Gasteiger partial charge in [0.15, 0.2) is 0 Å². The number of nitrogen functional groups attached to an aromatic ring is 1. The summed E-state index contributed by atoms with van der Waals surface area (Å²) in [7, 11) is 0. The van der Waals surface area contributed by atoms with E-state index in [9.17, 15) is 10.1 Å². The van der Waals surface area contributed by atoms with E-state index in [1.165, 1.54) is 6.20 Å². The van der Waals surface area contributed by atoms with Gasteiger partial charge in [0.05, 0.1) is 17.6 Å². The number of pyridine rings is 1. The summed E-state index contributed by atoms with van der Waals surface area (Å²) in [6, 6.07) is 18.7. The van der Waals surface area contributed by atoms with Crippen molar-refractivity contribution in [1.82, 2.24) is 14.5 Å². The minimum absolute atomic E-state index is 0.0558. The number of aromatic nitrogens is 3. The van der Waals surface area contributed by atoms with Crippen molar-refractivity contribution in [1.29, 1.82) is 5.26 Å². The van der Waals surface area contributed by atoms with Gasteiger partial charge in [0.1, 0.15) is 17.5 Å². The van der Waals surface area contributed by atoms with Gasteiger partial charge in [-0.05, 0) is 36.1 Å². The summed E-state index contributed by atoms with van der Waals surface area (Å²) >= 11 is 0. The van der Waals surface area contributed by atoms with Gasteiger partial charge >= 0.3 is 0 Å². The maximum Gasteiger partial charge on any atom is 0.263 e. The van der Waals surface area contributed by atoms with Crippen molar-refractivity contribution in [3.63, 3.8) is 0 Å². The summed E-state index contributed by atoms with van der Waals surface area (Å²) < 4.78 is 1.66. The molecule has 4 aromatic rings. The lowest BCUT2D eigenvalue weighted by molar-refractivity contribution is 0.772. The minimum atomic E-state index is -0.375. The van der Waals surface area contributed by atoms with Crippen LogP contribution in [0.25, 0.3) is 16.5 Å². The lowest BCUT2D eigenvalue weighted by Gasteiger charge is -2.22. The Balaban J connectivity index is 1.94. The molecule has 0 radical (unpaired) electrons. The fraction of sp³-hybridized carbons (Fsp3) is 0.130. The van der Waals surface area contributed by atoms with Crippen molar-refractivity contribution in [3.05, 3.63) is 88.0 Å². The molecule has 0 bridgehead atoms. The molecule has 0 saturated heterocycles. The number of benzene rings is 2. The molecule has 31 heavy (non-hydrogen) atoms. The summed E-state index contributed by atoms with van der Waals surface area (Å²) in [6.07, 6.45) is 1.37. The largest absolute Gasteiger partial charge is 0.368 e. The number of anilines is 2. The van der Waals surface area contributed by atoms with Crippen LogP contribution in [0.1, 0.15) is 29.8 Å². The molecule has 0 aliphatic heterocycles. The molecule has 154 valence electrons. The third kappa shape index (κ3) is 3.70. The molecule has 2 aromatic carbocycles. The second-order valence-electron chi connectivity index (χ2n) is 7.10. The van der Waals surface area contributed by atoms with E-state index >= 15 is 0 Å². The normalized spacial score (nSPS) is 11.8. The molecular formula is C23H21N7O. The summed E-state index contributed by atoms with van der Waals surface area (Å²) in [5, 5.41) is 14.0. The summed E-state index contributed by atoms with van der Waals surface area (Å²) in [4.78, 5) is 21.7. The van der Waals surface area contributed by atoms with Crippen molar-refractivity contribution in [3.8, 4) is 11.8 Å². The van der Waals surface area contributed by atoms with E-state index in [0.29, 0.717) is 16.9 Å². The maximum atomic E-state index is 13.6. The molecular weight excluding hydrogens is 390 g/mol. The molecule has 2 aromatic heterocycles. The number of fused-ring (bicyclic) bond motifs is 1. The van der Waals surface area contributed by atoms with Crippen molar-refractivity contribution in [2.24, 2.45) is 5.73 Å².